The van der Waals surface area contributed by atoms with Crippen molar-refractivity contribution < 1.29 is 33.3 Å². The van der Waals surface area contributed by atoms with Gasteiger partial charge in [-0.15, -0.1) is 48.0 Å². The molecule has 0 aliphatic carbocycles. The Labute approximate surface area is 415 Å². The molecule has 0 fully saturated rings. The van der Waals surface area contributed by atoms with Crippen molar-refractivity contribution in [1.82, 2.24) is 14.5 Å². The van der Waals surface area contributed by atoms with E-state index in [1.54, 1.807) is 12.3 Å². The first-order chi connectivity index (χ1) is 32.9. The number of aromatic nitrogens is 3. The van der Waals surface area contributed by atoms with Gasteiger partial charge in [-0.1, -0.05) is 144 Å². The van der Waals surface area contributed by atoms with Crippen LogP contribution in [0.3, 0.4) is 0 Å². The number of fused-ring (bicyclic) bond motifs is 9. The van der Waals surface area contributed by atoms with E-state index in [-0.39, 0.29) is 43.2 Å². The summed E-state index contributed by atoms with van der Waals surface area (Å²) in [6, 6.07) is 59.9. The third-order valence-corrected chi connectivity index (χ3v) is 13.1. The quantitative estimate of drug-likeness (QED) is 0.156. The van der Waals surface area contributed by atoms with Gasteiger partial charge in [0.15, 0.2) is 0 Å². The molecule has 5 nitrogen and oxygen atoms in total. The van der Waals surface area contributed by atoms with Gasteiger partial charge in [-0.25, -0.2) is 0 Å². The van der Waals surface area contributed by atoms with Crippen LogP contribution in [0.4, 0.5) is 4.39 Å². The van der Waals surface area contributed by atoms with Crippen LogP contribution in [0.5, 0.6) is 0 Å². The van der Waals surface area contributed by atoms with Crippen LogP contribution >= 0.6 is 0 Å². The molecule has 0 aliphatic heterocycles. The Morgan fingerprint density at radius 3 is 2.00 bits per heavy atom. The first-order valence-corrected chi connectivity index (χ1v) is 23.4. The van der Waals surface area contributed by atoms with Crippen LogP contribution in [0, 0.1) is 17.9 Å². The molecule has 0 amide bonds. The van der Waals surface area contributed by atoms with Crippen molar-refractivity contribution in [2.75, 3.05) is 0 Å². The van der Waals surface area contributed by atoms with Gasteiger partial charge in [0.2, 0.25) is 0 Å². The van der Waals surface area contributed by atoms with Gasteiger partial charge in [0.05, 0.1) is 22.4 Å². The fourth-order valence-corrected chi connectivity index (χ4v) is 9.57. The number of hydrogen-bond acceptors (Lipinski definition) is 4. The summed E-state index contributed by atoms with van der Waals surface area (Å²) in [7, 11) is 0. The van der Waals surface area contributed by atoms with Gasteiger partial charge >= 0.3 is 0 Å². The fourth-order valence-electron chi connectivity index (χ4n) is 9.57. The number of imidazole rings is 1. The zero-order valence-corrected chi connectivity index (χ0v) is 42.0. The fraction of sp³-hybridized carbons (Fsp3) is 0.161. The maximum absolute atomic E-state index is 12.8. The Kier molecular flexibility index (Phi) is 11.9. The molecular formula is C62H50FIrN3O2-2. The molecule has 69 heavy (non-hydrogen) atoms. The van der Waals surface area contributed by atoms with Crippen molar-refractivity contribution in [2.45, 2.75) is 65.7 Å². The molecule has 0 N–H and O–H groups in total. The molecule has 343 valence electrons. The van der Waals surface area contributed by atoms with Gasteiger partial charge in [0.1, 0.15) is 16.7 Å². The van der Waals surface area contributed by atoms with E-state index in [0.717, 1.165) is 82.9 Å². The van der Waals surface area contributed by atoms with Crippen LogP contribution in [0.15, 0.2) is 173 Å². The van der Waals surface area contributed by atoms with Crippen molar-refractivity contribution in [2.24, 2.45) is 0 Å². The Hall–Kier alpha value is -7.18. The molecule has 4 aromatic heterocycles. The van der Waals surface area contributed by atoms with Gasteiger partial charge in [-0.3, -0.25) is 9.37 Å². The number of furan rings is 2. The minimum Gasteiger partial charge on any atom is -0.501 e. The standard InChI is InChI=1S/C47H35N2O2.C15H15FN.Ir/c1-27(2)36-23-31(29-13-6-5-7-14-29)24-37(28(3)4)44(36)49-45-32-16-9-8-15-30(32)21-22-40(45)48-47(49)35-19-12-18-34-39-26-42-38(25-43(39)51-46(34)35)33-17-10-11-20-41(33)50-42;1-15(2,3)12-8-9-17-14(10-12)11-4-6-13(16)7-5-11;/h5-18,20-28H,1-4H3;4,6-10H,1-3H3;/q2*-1;. The van der Waals surface area contributed by atoms with E-state index >= 15 is 0 Å². The van der Waals surface area contributed by atoms with E-state index in [0.29, 0.717) is 0 Å². The predicted molar refractivity (Wildman–Crippen MR) is 278 cm³/mol. The Morgan fingerprint density at radius 2 is 1.29 bits per heavy atom. The zero-order chi connectivity index (χ0) is 46.8. The summed E-state index contributed by atoms with van der Waals surface area (Å²) < 4.78 is 28.4. The van der Waals surface area contributed by atoms with Crippen LogP contribution in [0.1, 0.15) is 77.0 Å². The number of pyridine rings is 1. The summed E-state index contributed by atoms with van der Waals surface area (Å²) in [6.45, 7) is 15.6. The van der Waals surface area contributed by atoms with E-state index in [1.165, 1.54) is 51.0 Å². The van der Waals surface area contributed by atoms with Crippen molar-refractivity contribution in [3.8, 4) is 39.5 Å². The molecule has 4 heterocycles. The number of benzene rings is 8. The number of halogens is 1. The summed E-state index contributed by atoms with van der Waals surface area (Å²) in [4.78, 5) is 9.75. The predicted octanol–water partition coefficient (Wildman–Crippen LogP) is 17.3. The molecule has 8 aromatic carbocycles. The van der Waals surface area contributed by atoms with Crippen molar-refractivity contribution in [1.29, 1.82) is 0 Å². The van der Waals surface area contributed by atoms with Crippen LogP contribution in [0.25, 0.3) is 105 Å². The van der Waals surface area contributed by atoms with E-state index in [1.807, 2.05) is 36.4 Å². The van der Waals surface area contributed by atoms with Gasteiger partial charge in [-0.2, -0.15) is 0 Å². The average molecular weight is 1080 g/mol. The van der Waals surface area contributed by atoms with Crippen LogP contribution < -0.4 is 0 Å². The Morgan fingerprint density at radius 1 is 0.609 bits per heavy atom. The molecule has 0 bridgehead atoms. The molecule has 1 radical (unpaired) electrons. The van der Waals surface area contributed by atoms with E-state index in [9.17, 15) is 4.39 Å². The van der Waals surface area contributed by atoms with Gasteiger partial charge in [-0.05, 0) is 98.6 Å². The second-order valence-corrected chi connectivity index (χ2v) is 19.3. The number of para-hydroxylation sites is 1. The Bertz CT molecular complexity index is 3830. The molecule has 0 aliphatic rings. The number of nitrogens with zero attached hydrogens (tertiary/aromatic N) is 3. The SMILES string of the molecule is CC(C)(C)c1ccnc(-c2[c-]cc(F)cc2)c1.CC(C)c1cc(-c2ccccc2)cc(C(C)C)c1-n1c(-c2[c-]ccc3c2oc2cc4c(cc23)oc2ccccc24)nc2ccc3ccccc3c21.[Ir]. The third-order valence-electron chi connectivity index (χ3n) is 13.1. The molecule has 0 spiro atoms. The summed E-state index contributed by atoms with van der Waals surface area (Å²) in [5.41, 5.74) is 15.3. The van der Waals surface area contributed by atoms with Crippen LogP contribution in [-0.4, -0.2) is 14.5 Å². The largest absolute Gasteiger partial charge is 0.501 e. The minimum atomic E-state index is -0.277. The molecular weight excluding hydrogens is 1030 g/mol. The maximum Gasteiger partial charge on any atom is 0.136 e. The Balaban J connectivity index is 0.000000261. The van der Waals surface area contributed by atoms with Gasteiger partial charge < -0.3 is 18.4 Å². The zero-order valence-electron chi connectivity index (χ0n) is 39.6. The van der Waals surface area contributed by atoms with E-state index < -0.39 is 0 Å². The van der Waals surface area contributed by atoms with Crippen molar-refractivity contribution in [3.05, 3.63) is 199 Å². The first kappa shape index (κ1) is 45.6. The third kappa shape index (κ3) is 8.24. The molecule has 0 unspecified atom stereocenters. The van der Waals surface area contributed by atoms with Crippen LogP contribution in [0.2, 0.25) is 0 Å². The smallest absolute Gasteiger partial charge is 0.136 e. The molecule has 0 saturated carbocycles. The second kappa shape index (κ2) is 18.0. The summed E-state index contributed by atoms with van der Waals surface area (Å²) in [6.07, 6.45) is 1.78. The molecule has 12 aromatic rings. The van der Waals surface area contributed by atoms with Crippen molar-refractivity contribution >= 4 is 65.7 Å². The van der Waals surface area contributed by atoms with Crippen molar-refractivity contribution in [3.63, 3.8) is 0 Å². The minimum absolute atomic E-state index is 0. The maximum atomic E-state index is 12.8. The second-order valence-electron chi connectivity index (χ2n) is 19.3. The summed E-state index contributed by atoms with van der Waals surface area (Å²) >= 11 is 0. The van der Waals surface area contributed by atoms with E-state index in [2.05, 4.69) is 173 Å². The molecule has 12 rings (SSSR count). The van der Waals surface area contributed by atoms with Gasteiger partial charge in [0, 0.05) is 59.4 Å². The number of hydrogen-bond donors (Lipinski definition) is 0. The topological polar surface area (TPSA) is 57.0 Å². The van der Waals surface area contributed by atoms with Gasteiger partial charge in [0.25, 0.3) is 0 Å². The molecule has 7 heteroatoms. The number of rotatable bonds is 6. The normalized spacial score (nSPS) is 11.9. The van der Waals surface area contributed by atoms with Crippen LogP contribution in [-0.2, 0) is 25.5 Å². The summed E-state index contributed by atoms with van der Waals surface area (Å²) in [5, 5.41) is 6.49. The molecule has 0 saturated heterocycles. The first-order valence-electron chi connectivity index (χ1n) is 23.4. The molecule has 0 atom stereocenters. The summed E-state index contributed by atoms with van der Waals surface area (Å²) in [5.74, 6) is 1.03. The van der Waals surface area contributed by atoms with E-state index in [4.69, 9.17) is 13.8 Å². The average Bonchev–Trinajstić information content (AvgIpc) is 4.04. The monoisotopic (exact) mass is 1080 g/mol.